The van der Waals surface area contributed by atoms with E-state index in [0.29, 0.717) is 27.1 Å². The van der Waals surface area contributed by atoms with Gasteiger partial charge in [0.15, 0.2) is 5.11 Å². The van der Waals surface area contributed by atoms with Crippen LogP contribution in [0.2, 0.25) is 0 Å². The Hall–Kier alpha value is -5.08. The normalized spacial score (nSPS) is 20.2. The lowest BCUT2D eigenvalue weighted by Gasteiger charge is -2.39. The van der Waals surface area contributed by atoms with Crippen LogP contribution in [0.15, 0.2) is 106 Å². The maximum Gasteiger partial charge on any atom is 0.427 e. The van der Waals surface area contributed by atoms with Gasteiger partial charge < -0.3 is 31.0 Å². The molecule has 574 valence electrons. The Balaban J connectivity index is 0.000000685. The van der Waals surface area contributed by atoms with Crippen LogP contribution in [0.1, 0.15) is 127 Å². The maximum atomic E-state index is 14.7. The van der Waals surface area contributed by atoms with Gasteiger partial charge in [0.1, 0.15) is 56.7 Å². The first-order valence-electron chi connectivity index (χ1n) is 29.1. The first-order chi connectivity index (χ1) is 45.2. The third kappa shape index (κ3) is 26.2. The number of halogens is 9. The molecule has 3 aliphatic heterocycles. The molecule has 4 aromatic carbocycles. The Labute approximate surface area is 649 Å². The van der Waals surface area contributed by atoms with E-state index < -0.39 is 144 Å². The highest BCUT2D eigenvalue weighted by molar-refractivity contribution is 14.1. The van der Waals surface area contributed by atoms with Crippen LogP contribution < -0.4 is 26.8 Å². The molecule has 0 bridgehead atoms. The molecule has 4 aromatic rings. The molecule has 0 saturated heterocycles. The molecule has 0 unspecified atom stereocenters. The van der Waals surface area contributed by atoms with Gasteiger partial charge in [-0.1, -0.05) is 101 Å². The summed E-state index contributed by atoms with van der Waals surface area (Å²) in [5.74, 6) is -5.06. The van der Waals surface area contributed by atoms with Gasteiger partial charge in [0.25, 0.3) is 0 Å². The number of guanidine groups is 3. The lowest BCUT2D eigenvalue weighted by molar-refractivity contribution is 0.0131. The summed E-state index contributed by atoms with van der Waals surface area (Å²) in [6.45, 7) is 20.5. The average molecular weight is 1910 g/mol. The van der Waals surface area contributed by atoms with Crippen LogP contribution in [-0.2, 0) is 76.5 Å². The van der Waals surface area contributed by atoms with Gasteiger partial charge >= 0.3 is 18.3 Å². The molecule has 7 rings (SSSR count). The van der Waals surface area contributed by atoms with Crippen molar-refractivity contribution in [1.29, 1.82) is 0 Å². The van der Waals surface area contributed by atoms with Crippen molar-refractivity contribution in [3.63, 3.8) is 0 Å². The lowest BCUT2D eigenvalue weighted by Crippen LogP contribution is -2.58. The minimum Gasteiger partial charge on any atom is -0.444 e. The summed E-state index contributed by atoms with van der Waals surface area (Å²) in [5.41, 5.74) is 3.10. The third-order valence-electron chi connectivity index (χ3n) is 13.8. The Morgan fingerprint density at radius 1 is 0.598 bits per heavy atom. The van der Waals surface area contributed by atoms with Gasteiger partial charge in [-0.3, -0.25) is 5.32 Å². The maximum absolute atomic E-state index is 14.7. The van der Waals surface area contributed by atoms with Crippen molar-refractivity contribution in [3.05, 3.63) is 136 Å². The number of amides is 3. The number of nitrogens with two attached hydrogens (primary N) is 2. The second kappa shape index (κ2) is 36.0. The minimum atomic E-state index is -4.13. The molecule has 4 atom stereocenters. The minimum absolute atomic E-state index is 0. The zero-order valence-electron chi connectivity index (χ0n) is 57.7. The molecule has 0 spiro atoms. The number of thiocarbonyl (C=S) groups is 1. The van der Waals surface area contributed by atoms with Crippen LogP contribution in [-0.4, -0.2) is 166 Å². The number of ether oxygens (including phenoxy) is 3. The van der Waals surface area contributed by atoms with E-state index in [1.165, 1.54) is 109 Å². The van der Waals surface area contributed by atoms with Gasteiger partial charge in [-0.15, -0.1) is 4.90 Å². The number of aliphatic imine (C=N–C) groups is 3. The van der Waals surface area contributed by atoms with Crippen molar-refractivity contribution in [3.8, 4) is 0 Å². The van der Waals surface area contributed by atoms with Crippen LogP contribution in [0.5, 0.6) is 0 Å². The number of hydrogen-bond donors (Lipinski definition) is 5. The second-order valence-electron chi connectivity index (χ2n) is 26.0. The highest BCUT2D eigenvalue weighted by Crippen LogP contribution is 2.39. The molecule has 0 radical (unpaired) electrons. The fourth-order valence-electron chi connectivity index (χ4n) is 9.29. The monoisotopic (exact) mass is 1900 g/mol. The van der Waals surface area contributed by atoms with E-state index >= 15 is 0 Å². The molecule has 3 amide bonds. The number of imide groups is 1. The molecular weight excluding hydrogens is 1820 g/mol. The number of carbonyl (C=O) groups is 3. The van der Waals surface area contributed by atoms with E-state index in [4.69, 9.17) is 37.9 Å². The molecule has 40 heteroatoms. The number of benzene rings is 4. The highest BCUT2D eigenvalue weighted by atomic mass is 127. The van der Waals surface area contributed by atoms with Crippen molar-refractivity contribution in [2.75, 3.05) is 56.1 Å². The van der Waals surface area contributed by atoms with Gasteiger partial charge in [-0.25, -0.2) is 98.2 Å². The van der Waals surface area contributed by atoms with Gasteiger partial charge in [0.05, 0.1) is 28.6 Å². The van der Waals surface area contributed by atoms with Crippen LogP contribution in [0.4, 0.5) is 31.9 Å². The van der Waals surface area contributed by atoms with Crippen LogP contribution in [0.25, 0.3) is 0 Å². The smallest absolute Gasteiger partial charge is 0.427 e. The SMILES string of the molecule is C.C.CI.CN1C(N(C(=O)OC(C)(C)C)C(=O)OC(C)(C)C)=N[C@](C)(c2cc(Br)ccc2F)CS1(=O)=O.CN1C(N)=N[C@](C)(c2cc(Br)ccc2F)CS1(=O)=O.CN1C(NC(=O)OC(C)(C)C)=N[C@](C)(c2cc(Br)ccc2F)CS1(=O)=O.CNS(=O)(=O)C[C@](C)(NC(N)=S)c1cc(Br)ccc1F. The molecule has 0 aliphatic carbocycles. The summed E-state index contributed by atoms with van der Waals surface area (Å²) in [6.07, 6.45) is -3.22. The zero-order valence-corrected chi connectivity index (χ0v) is 70.3. The predicted octanol–water partition coefficient (Wildman–Crippen LogP) is 12.5. The zero-order chi connectivity index (χ0) is 77.5. The molecular formula is C62H89Br4F4IN12O14S5. The quantitative estimate of drug-likeness (QED) is 0.0360. The van der Waals surface area contributed by atoms with E-state index in [2.05, 4.69) is 117 Å². The summed E-state index contributed by atoms with van der Waals surface area (Å²) < 4.78 is 179. The number of alkyl halides is 1. The first-order valence-corrected chi connectivity index (χ1v) is 41.4. The average Bonchev–Trinajstić information content (AvgIpc) is 0.763. The van der Waals surface area contributed by atoms with Gasteiger partial charge in [-0.2, -0.15) is 0 Å². The first kappa shape index (κ1) is 94.9. The highest BCUT2D eigenvalue weighted by Gasteiger charge is 2.49. The van der Waals surface area contributed by atoms with E-state index in [1.54, 1.807) is 75.3 Å². The number of rotatable bonds is 8. The van der Waals surface area contributed by atoms with E-state index in [0.717, 1.165) is 15.7 Å². The summed E-state index contributed by atoms with van der Waals surface area (Å²) in [4.78, 5) is 53.3. The number of carbonyl (C=O) groups excluding carboxylic acids is 3. The number of nitrogens with one attached hydrogen (secondary N) is 3. The molecule has 0 aromatic heterocycles. The van der Waals surface area contributed by atoms with E-state index in [9.17, 15) is 65.6 Å². The van der Waals surface area contributed by atoms with Crippen LogP contribution in [0, 0.1) is 23.3 Å². The van der Waals surface area contributed by atoms with Crippen molar-refractivity contribution < 1.29 is 79.8 Å². The Bertz CT molecular complexity index is 4300. The van der Waals surface area contributed by atoms with Crippen molar-refractivity contribution >= 4 is 180 Å². The molecule has 3 aliphatic rings. The number of alkyl carbamates (subject to hydrolysis) is 1. The summed E-state index contributed by atoms with van der Waals surface area (Å²) >= 11 is 19.9. The number of hydrogen-bond acceptors (Lipinski definition) is 19. The fourth-order valence-corrected chi connectivity index (χ4v) is 16.5. The molecule has 7 N–H and O–H groups in total. The lowest BCUT2D eigenvalue weighted by atomic mass is 9.93. The largest absolute Gasteiger partial charge is 0.444 e. The Kier molecular flexibility index (Phi) is 33.5. The molecule has 102 heavy (non-hydrogen) atoms. The fraction of sp³-hybridized carbons (Fsp3) is 0.500. The van der Waals surface area contributed by atoms with Crippen LogP contribution >= 0.6 is 98.5 Å². The predicted molar refractivity (Wildman–Crippen MR) is 417 cm³/mol. The molecule has 0 saturated carbocycles. The topological polar surface area (TPSA) is 354 Å². The van der Waals surface area contributed by atoms with E-state index in [-0.39, 0.29) is 59.9 Å². The van der Waals surface area contributed by atoms with Gasteiger partial charge in [-0.05, 0) is 187 Å². The molecule has 0 fully saturated rings. The van der Waals surface area contributed by atoms with Crippen LogP contribution in [0.3, 0.4) is 0 Å². The molecule has 26 nitrogen and oxygen atoms in total. The Morgan fingerprint density at radius 3 is 1.28 bits per heavy atom. The van der Waals surface area contributed by atoms with Crippen molar-refractivity contribution in [2.24, 2.45) is 26.4 Å². The summed E-state index contributed by atoms with van der Waals surface area (Å²) in [5, 5.41) is 4.89. The van der Waals surface area contributed by atoms with Gasteiger partial charge in [0, 0.05) is 61.3 Å². The van der Waals surface area contributed by atoms with Gasteiger partial charge in [0.2, 0.25) is 58.0 Å². The van der Waals surface area contributed by atoms with E-state index in [1.807, 2.05) is 4.93 Å². The number of sulfonamides is 4. The summed E-state index contributed by atoms with van der Waals surface area (Å²) in [6, 6.07) is 16.8. The number of nitrogens with zero attached hydrogens (tertiary/aromatic N) is 7. The second-order valence-corrected chi connectivity index (χ2v) is 38.0. The van der Waals surface area contributed by atoms with Crippen molar-refractivity contribution in [1.82, 2.24) is 33.2 Å². The standard InChI is InChI=1S/C21H29BrFN3O6S.C16H21BrFN3O4S.C11H15BrFN3O2S2.C11H13BrFN3O2S.CH3I.2CH4/c1-19(2,3)31-17(27)26(18(28)32-20(4,5)6)16-24-21(7,12-33(29,30)25(16)8)14-11-13(22)9-10-15(14)23;1-15(2,3)25-14(22)19-13-20-16(4,9-26(23,24)21(13)5)11-8-10(17)6-7-12(11)18;1-11(16-10(14)19,6-20(17,18)15-2)8-5-7(12)3-4-9(8)13;1-11(8-5-7(12)3-4-9(8)13)6-19(17,18)16(2)10(14)15-11;1-2;;/h9-11H,12H2,1-8H3;6-8H,9H2,1-5H3,(H,19,20,22);3-5,15H,6H2,1-2H3,(H3,14,16,19);3-5H,6H2,1-2H3,(H2,14,15);1H3;2*1H4/t21-;16-;2*11-;;;/m0000.../s1. The Morgan fingerprint density at radius 2 is 0.931 bits per heavy atom. The third-order valence-corrected chi connectivity index (χ3v) is 23.3. The summed E-state index contributed by atoms with van der Waals surface area (Å²) in [7, 11) is -10.2. The van der Waals surface area contributed by atoms with Crippen molar-refractivity contribution in [2.45, 2.75) is 144 Å². The molecule has 3 heterocycles.